The van der Waals surface area contributed by atoms with Crippen LogP contribution in [0.4, 0.5) is 4.79 Å². The van der Waals surface area contributed by atoms with Gasteiger partial charge in [0.25, 0.3) is 0 Å². The van der Waals surface area contributed by atoms with E-state index in [1.807, 2.05) is 26.8 Å². The molecule has 1 aliphatic rings. The lowest BCUT2D eigenvalue weighted by molar-refractivity contribution is 0.0113. The number of piperazine rings is 1. The topological polar surface area (TPSA) is 63.7 Å². The molecule has 1 aromatic rings. The van der Waals surface area contributed by atoms with Crippen LogP contribution in [0.25, 0.3) is 0 Å². The van der Waals surface area contributed by atoms with Gasteiger partial charge in [-0.2, -0.15) is 0 Å². The Morgan fingerprint density at radius 2 is 2.24 bits per heavy atom. The van der Waals surface area contributed by atoms with Crippen molar-refractivity contribution in [2.45, 2.75) is 32.4 Å². The zero-order valence-corrected chi connectivity index (χ0v) is 13.0. The van der Waals surface area contributed by atoms with Gasteiger partial charge in [0.1, 0.15) is 11.4 Å². The highest BCUT2D eigenvalue weighted by molar-refractivity contribution is 5.69. The molecule has 1 atom stereocenters. The van der Waals surface area contributed by atoms with Crippen molar-refractivity contribution in [2.24, 2.45) is 0 Å². The van der Waals surface area contributed by atoms with Gasteiger partial charge in [-0.3, -0.25) is 9.88 Å². The van der Waals surface area contributed by atoms with Crippen LogP contribution in [0.1, 0.15) is 32.5 Å². The van der Waals surface area contributed by atoms with Gasteiger partial charge < -0.3 is 14.8 Å². The number of pyridine rings is 1. The predicted molar refractivity (Wildman–Crippen MR) is 79.3 cm³/mol. The summed E-state index contributed by atoms with van der Waals surface area (Å²) >= 11 is 0. The summed E-state index contributed by atoms with van der Waals surface area (Å²) in [5.74, 6) is 0.731. The molecule has 1 unspecified atom stereocenters. The highest BCUT2D eigenvalue weighted by atomic mass is 16.6. The average molecular weight is 293 g/mol. The largest absolute Gasteiger partial charge is 0.497 e. The van der Waals surface area contributed by atoms with Gasteiger partial charge in [-0.05, 0) is 26.8 Å². The van der Waals surface area contributed by atoms with Gasteiger partial charge in [-0.25, -0.2) is 4.79 Å². The number of nitrogens with one attached hydrogen (secondary N) is 1. The molecule has 6 nitrogen and oxygen atoms in total. The summed E-state index contributed by atoms with van der Waals surface area (Å²) in [7, 11) is 1.61. The second-order valence-electron chi connectivity index (χ2n) is 6.01. The summed E-state index contributed by atoms with van der Waals surface area (Å²) in [6.07, 6.45) is 1.38. The van der Waals surface area contributed by atoms with Crippen molar-refractivity contribution >= 4 is 6.09 Å². The summed E-state index contributed by atoms with van der Waals surface area (Å²) in [6, 6.07) is 3.50. The first kappa shape index (κ1) is 15.6. The van der Waals surface area contributed by atoms with Gasteiger partial charge in [0.15, 0.2) is 0 Å². The van der Waals surface area contributed by atoms with E-state index >= 15 is 0 Å². The predicted octanol–water partition coefficient (Wildman–Crippen LogP) is 1.97. The highest BCUT2D eigenvalue weighted by Gasteiger charge is 2.32. The monoisotopic (exact) mass is 293 g/mol. The van der Waals surface area contributed by atoms with Crippen molar-refractivity contribution < 1.29 is 14.3 Å². The molecule has 0 spiro atoms. The van der Waals surface area contributed by atoms with Crippen LogP contribution in [0.3, 0.4) is 0 Å². The van der Waals surface area contributed by atoms with Gasteiger partial charge in [0.2, 0.25) is 0 Å². The Morgan fingerprint density at radius 3 is 2.90 bits per heavy atom. The summed E-state index contributed by atoms with van der Waals surface area (Å²) in [4.78, 5) is 18.5. The first-order valence-electron chi connectivity index (χ1n) is 7.11. The third kappa shape index (κ3) is 4.07. The minimum Gasteiger partial charge on any atom is -0.497 e. The number of nitrogens with zero attached hydrogens (tertiary/aromatic N) is 2. The molecular formula is C15H23N3O3. The van der Waals surface area contributed by atoms with E-state index in [0.717, 1.165) is 18.0 Å². The molecule has 21 heavy (non-hydrogen) atoms. The smallest absolute Gasteiger partial charge is 0.410 e. The molecule has 0 aromatic carbocycles. The maximum absolute atomic E-state index is 12.4. The van der Waals surface area contributed by atoms with Crippen LogP contribution >= 0.6 is 0 Å². The van der Waals surface area contributed by atoms with Crippen molar-refractivity contribution in [3.05, 3.63) is 24.0 Å². The van der Waals surface area contributed by atoms with E-state index in [1.165, 1.54) is 0 Å². The van der Waals surface area contributed by atoms with Gasteiger partial charge in [-0.1, -0.05) is 0 Å². The Morgan fingerprint density at radius 1 is 1.48 bits per heavy atom. The van der Waals surface area contributed by atoms with Crippen LogP contribution in [0.2, 0.25) is 0 Å². The van der Waals surface area contributed by atoms with E-state index in [9.17, 15) is 4.79 Å². The van der Waals surface area contributed by atoms with Gasteiger partial charge in [-0.15, -0.1) is 0 Å². The van der Waals surface area contributed by atoms with Crippen molar-refractivity contribution in [2.75, 3.05) is 26.7 Å². The van der Waals surface area contributed by atoms with E-state index in [-0.39, 0.29) is 12.1 Å². The minimum atomic E-state index is -0.506. The molecule has 2 heterocycles. The van der Waals surface area contributed by atoms with E-state index < -0.39 is 5.60 Å². The molecule has 0 saturated carbocycles. The first-order valence-corrected chi connectivity index (χ1v) is 7.11. The number of aromatic nitrogens is 1. The van der Waals surface area contributed by atoms with Crippen molar-refractivity contribution in [1.82, 2.24) is 15.2 Å². The third-order valence-corrected chi connectivity index (χ3v) is 3.20. The molecule has 1 aromatic heterocycles. The van der Waals surface area contributed by atoms with Crippen LogP contribution in [0.5, 0.6) is 5.75 Å². The van der Waals surface area contributed by atoms with Crippen LogP contribution < -0.4 is 10.1 Å². The van der Waals surface area contributed by atoms with Crippen molar-refractivity contribution in [3.8, 4) is 5.75 Å². The lowest BCUT2D eigenvalue weighted by Gasteiger charge is -2.36. The molecule has 1 amide bonds. The summed E-state index contributed by atoms with van der Waals surface area (Å²) in [5, 5.41) is 3.29. The number of methoxy groups -OCH3 is 1. The SMILES string of the molecule is COc1ccnc(C2CNCCN2C(=O)OC(C)(C)C)c1. The number of carbonyl (C=O) groups is 1. The van der Waals surface area contributed by atoms with Gasteiger partial charge in [0.05, 0.1) is 18.8 Å². The Bertz CT molecular complexity index is 499. The zero-order valence-electron chi connectivity index (χ0n) is 13.0. The Hall–Kier alpha value is -1.82. The molecule has 116 valence electrons. The first-order chi connectivity index (χ1) is 9.90. The number of carbonyl (C=O) groups excluding carboxylic acids is 1. The third-order valence-electron chi connectivity index (χ3n) is 3.20. The number of amides is 1. The standard InChI is InChI=1S/C15H23N3O3/c1-15(2,3)21-14(19)18-8-7-16-10-13(18)12-9-11(20-4)5-6-17-12/h5-6,9,13,16H,7-8,10H2,1-4H3. The molecular weight excluding hydrogens is 270 g/mol. The Balaban J connectivity index is 2.20. The van der Waals surface area contributed by atoms with Crippen LogP contribution in [0.15, 0.2) is 18.3 Å². The van der Waals surface area contributed by atoms with E-state index in [4.69, 9.17) is 9.47 Å². The Kier molecular flexibility index (Phi) is 4.67. The van der Waals surface area contributed by atoms with Crippen LogP contribution in [0, 0.1) is 0 Å². The molecule has 0 aliphatic carbocycles. The quantitative estimate of drug-likeness (QED) is 0.903. The highest BCUT2D eigenvalue weighted by Crippen LogP contribution is 2.25. The second-order valence-corrected chi connectivity index (χ2v) is 6.01. The number of ether oxygens (including phenoxy) is 2. The lowest BCUT2D eigenvalue weighted by atomic mass is 10.1. The molecule has 1 saturated heterocycles. The lowest BCUT2D eigenvalue weighted by Crippen LogP contribution is -2.50. The van der Waals surface area contributed by atoms with Gasteiger partial charge >= 0.3 is 6.09 Å². The van der Waals surface area contributed by atoms with Crippen molar-refractivity contribution in [3.63, 3.8) is 0 Å². The second kappa shape index (κ2) is 6.30. The summed E-state index contributed by atoms with van der Waals surface area (Å²) in [6.45, 7) is 7.60. The fourth-order valence-corrected chi connectivity index (χ4v) is 2.24. The number of hydrogen-bond donors (Lipinski definition) is 1. The minimum absolute atomic E-state index is 0.149. The Labute approximate surface area is 125 Å². The molecule has 2 rings (SSSR count). The molecule has 1 N–H and O–H groups in total. The maximum atomic E-state index is 12.4. The molecule has 0 radical (unpaired) electrons. The molecule has 1 aliphatic heterocycles. The molecule has 6 heteroatoms. The fraction of sp³-hybridized carbons (Fsp3) is 0.600. The molecule has 1 fully saturated rings. The van der Waals surface area contributed by atoms with E-state index in [1.54, 1.807) is 24.3 Å². The van der Waals surface area contributed by atoms with E-state index in [0.29, 0.717) is 13.1 Å². The fourth-order valence-electron chi connectivity index (χ4n) is 2.24. The summed E-state index contributed by atoms with van der Waals surface area (Å²) < 4.78 is 10.7. The van der Waals surface area contributed by atoms with Crippen LogP contribution in [-0.4, -0.2) is 48.3 Å². The normalized spacial score (nSPS) is 19.2. The molecule has 0 bridgehead atoms. The average Bonchev–Trinajstić information content (AvgIpc) is 2.45. The summed E-state index contributed by atoms with van der Waals surface area (Å²) in [5.41, 5.74) is 0.293. The van der Waals surface area contributed by atoms with Crippen LogP contribution in [-0.2, 0) is 4.74 Å². The van der Waals surface area contributed by atoms with Gasteiger partial charge in [0, 0.05) is 31.9 Å². The zero-order chi connectivity index (χ0) is 15.5. The number of hydrogen-bond acceptors (Lipinski definition) is 5. The van der Waals surface area contributed by atoms with Crippen molar-refractivity contribution in [1.29, 1.82) is 0 Å². The maximum Gasteiger partial charge on any atom is 0.410 e. The number of rotatable bonds is 2. The van der Waals surface area contributed by atoms with E-state index in [2.05, 4.69) is 10.3 Å².